The Morgan fingerprint density at radius 1 is 0.543 bits per heavy atom. The van der Waals surface area contributed by atoms with Crippen LogP contribution in [0.4, 0.5) is 0 Å². The highest BCUT2D eigenvalue weighted by Gasteiger charge is 2.15. The molecule has 3 amide bonds. The molecule has 266 valence electrons. The lowest BCUT2D eigenvalue weighted by atomic mass is 10.1. The fourth-order valence-electron chi connectivity index (χ4n) is 4.16. The Labute approximate surface area is 272 Å². The number of carbonyl (C=O) groups excluding carboxylic acids is 3. The average molecular weight is 660 g/mol. The molecule has 0 aliphatic heterocycles. The van der Waals surface area contributed by atoms with Crippen molar-refractivity contribution < 1.29 is 48.4 Å². The molecule has 0 unspecified atom stereocenters. The van der Waals surface area contributed by atoms with Gasteiger partial charge in [0.1, 0.15) is 6.04 Å². The molecule has 0 rings (SSSR count). The molecule has 0 radical (unpaired) electrons. The number of carbonyl (C=O) groups is 5. The van der Waals surface area contributed by atoms with Gasteiger partial charge >= 0.3 is 11.9 Å². The molecular weight excluding hydrogens is 602 g/mol. The van der Waals surface area contributed by atoms with Crippen molar-refractivity contribution in [3.05, 3.63) is 0 Å². The quantitative estimate of drug-likeness (QED) is 0.0334. The number of carboxylic acid groups (broad SMARTS) is 2. The van der Waals surface area contributed by atoms with E-state index in [1.165, 1.54) is 0 Å². The van der Waals surface area contributed by atoms with E-state index in [2.05, 4.69) is 33.2 Å². The number of aliphatic carboxylic acids is 2. The Hall–Kier alpha value is -3.30. The molecule has 0 saturated heterocycles. The summed E-state index contributed by atoms with van der Waals surface area (Å²) in [6.07, 6.45) is 9.37. The van der Waals surface area contributed by atoms with Gasteiger partial charge in [0, 0.05) is 65.2 Å². The summed E-state index contributed by atoms with van der Waals surface area (Å²) in [7, 11) is 0. The predicted molar refractivity (Wildman–Crippen MR) is 172 cm³/mol. The Morgan fingerprint density at radius 2 is 0.978 bits per heavy atom. The predicted octanol–water partition coefficient (Wildman–Crippen LogP) is 1.98. The van der Waals surface area contributed by atoms with Crippen LogP contribution in [-0.4, -0.2) is 112 Å². The van der Waals surface area contributed by atoms with Crippen LogP contribution < -0.4 is 21.4 Å². The molecule has 0 aromatic rings. The van der Waals surface area contributed by atoms with Crippen LogP contribution >= 0.6 is 0 Å². The van der Waals surface area contributed by atoms with Gasteiger partial charge in [0.2, 0.25) is 17.7 Å². The van der Waals surface area contributed by atoms with Gasteiger partial charge in [0.05, 0.1) is 26.4 Å². The number of ether oxygens (including phenoxy) is 3. The smallest absolute Gasteiger partial charge is 0.327 e. The van der Waals surface area contributed by atoms with Crippen molar-refractivity contribution in [3.63, 3.8) is 0 Å². The molecule has 0 bridgehead atoms. The van der Waals surface area contributed by atoms with Crippen LogP contribution in [0.25, 0.3) is 0 Å². The normalized spacial score (nSPS) is 11.4. The van der Waals surface area contributed by atoms with Crippen molar-refractivity contribution in [2.24, 2.45) is 5.10 Å². The van der Waals surface area contributed by atoms with E-state index in [4.69, 9.17) is 24.4 Å². The first-order valence-corrected chi connectivity index (χ1v) is 16.5. The second kappa shape index (κ2) is 31.7. The number of nitrogens with one attached hydrogen (secondary N) is 4. The van der Waals surface area contributed by atoms with Gasteiger partial charge in [0.15, 0.2) is 0 Å². The fraction of sp³-hybridized carbons (Fsp3) is 0.806. The zero-order chi connectivity index (χ0) is 34.1. The summed E-state index contributed by atoms with van der Waals surface area (Å²) in [6.45, 7) is 7.44. The first-order chi connectivity index (χ1) is 22.3. The molecule has 0 aromatic heterocycles. The molecule has 0 fully saturated rings. The Morgan fingerprint density at radius 3 is 1.46 bits per heavy atom. The lowest BCUT2D eigenvalue weighted by Gasteiger charge is -2.11. The minimum atomic E-state index is -1.00. The van der Waals surface area contributed by atoms with Gasteiger partial charge in [-0.05, 0) is 44.9 Å². The van der Waals surface area contributed by atoms with Gasteiger partial charge in [-0.15, -0.1) is 0 Å². The van der Waals surface area contributed by atoms with Crippen LogP contribution in [0, 0.1) is 0 Å². The van der Waals surface area contributed by atoms with Gasteiger partial charge in [-0.1, -0.05) is 25.7 Å². The second-order valence-corrected chi connectivity index (χ2v) is 10.8. The van der Waals surface area contributed by atoms with Crippen LogP contribution in [0.5, 0.6) is 0 Å². The van der Waals surface area contributed by atoms with Crippen LogP contribution in [0.1, 0.15) is 96.3 Å². The maximum atomic E-state index is 11.9. The molecule has 0 saturated carbocycles. The van der Waals surface area contributed by atoms with Crippen molar-refractivity contribution in [3.8, 4) is 0 Å². The van der Waals surface area contributed by atoms with Gasteiger partial charge in [-0.3, -0.25) is 24.6 Å². The first-order valence-electron chi connectivity index (χ1n) is 16.5. The molecule has 6 N–H and O–H groups in total. The van der Waals surface area contributed by atoms with Crippen molar-refractivity contribution in [2.75, 3.05) is 59.3 Å². The third-order valence-corrected chi connectivity index (χ3v) is 6.73. The van der Waals surface area contributed by atoms with Crippen molar-refractivity contribution in [1.82, 2.24) is 21.4 Å². The van der Waals surface area contributed by atoms with Crippen molar-refractivity contribution in [2.45, 2.75) is 102 Å². The summed E-state index contributed by atoms with van der Waals surface area (Å²) >= 11 is 0. The third kappa shape index (κ3) is 30.7. The van der Waals surface area contributed by atoms with Crippen LogP contribution in [-0.2, 0) is 38.2 Å². The summed E-state index contributed by atoms with van der Waals surface area (Å²) in [5, 5.41) is 29.4. The maximum Gasteiger partial charge on any atom is 0.327 e. The van der Waals surface area contributed by atoms with E-state index >= 15 is 0 Å². The van der Waals surface area contributed by atoms with E-state index in [1.54, 1.807) is 0 Å². The van der Waals surface area contributed by atoms with Gasteiger partial charge in [-0.2, -0.15) is 5.10 Å². The lowest BCUT2D eigenvalue weighted by molar-refractivity contribution is -0.140. The zero-order valence-electron chi connectivity index (χ0n) is 27.4. The number of nitrogens with zero attached hydrogens (tertiary/aromatic N) is 1. The van der Waals surface area contributed by atoms with Crippen molar-refractivity contribution in [1.29, 1.82) is 0 Å². The van der Waals surface area contributed by atoms with E-state index in [9.17, 15) is 24.0 Å². The topological polar surface area (TPSA) is 214 Å². The van der Waals surface area contributed by atoms with Crippen LogP contribution in [0.15, 0.2) is 5.10 Å². The Balaban J connectivity index is 3.39. The number of carboxylic acids is 2. The van der Waals surface area contributed by atoms with Crippen molar-refractivity contribution >= 4 is 36.4 Å². The number of amides is 3. The van der Waals surface area contributed by atoms with E-state index in [1.807, 2.05) is 0 Å². The molecule has 0 heterocycles. The number of hydrogen-bond acceptors (Lipinski definition) is 10. The molecule has 0 aromatic carbocycles. The van der Waals surface area contributed by atoms with E-state index in [0.717, 1.165) is 44.9 Å². The first kappa shape index (κ1) is 42.7. The van der Waals surface area contributed by atoms with E-state index in [0.29, 0.717) is 91.4 Å². The summed E-state index contributed by atoms with van der Waals surface area (Å²) < 4.78 is 16.4. The third-order valence-electron chi connectivity index (χ3n) is 6.73. The zero-order valence-corrected chi connectivity index (χ0v) is 27.4. The van der Waals surface area contributed by atoms with Crippen LogP contribution in [0.3, 0.4) is 0 Å². The largest absolute Gasteiger partial charge is 0.481 e. The fourth-order valence-corrected chi connectivity index (χ4v) is 4.16. The number of hydrogen-bond donors (Lipinski definition) is 6. The molecule has 15 nitrogen and oxygen atoms in total. The number of hydrazone groups is 1. The number of unbranched alkanes of at least 4 members (excludes halogenated alkanes) is 6. The molecule has 0 spiro atoms. The standard InChI is InChI=1S/C31H57N5O10/c1-32-36-26(31(42)43)12-8-9-17-33-28(38)15-16-29(39)35-19-11-21-45-23-25-46-24-22-44-20-10-18-34-27(37)13-6-4-2-3-5-7-14-30(40)41/h26,36H,1-25H2,(H,33,38)(H,34,37)(H,35,39)(H,40,41)(H,42,43)/t26-/m0/s1. The average Bonchev–Trinajstić information content (AvgIpc) is 3.02. The van der Waals surface area contributed by atoms with Crippen LogP contribution in [0.2, 0.25) is 0 Å². The van der Waals surface area contributed by atoms with E-state index < -0.39 is 18.0 Å². The van der Waals surface area contributed by atoms with E-state index in [-0.39, 0.29) is 37.0 Å². The summed E-state index contributed by atoms with van der Waals surface area (Å²) in [5.74, 6) is -2.13. The molecule has 0 aliphatic rings. The summed E-state index contributed by atoms with van der Waals surface area (Å²) in [6, 6.07) is -0.796. The monoisotopic (exact) mass is 659 g/mol. The highest BCUT2D eigenvalue weighted by Crippen LogP contribution is 2.08. The summed E-state index contributed by atoms with van der Waals surface area (Å²) in [5.41, 5.74) is 2.42. The molecule has 15 heteroatoms. The molecule has 46 heavy (non-hydrogen) atoms. The van der Waals surface area contributed by atoms with Gasteiger partial charge < -0.3 is 40.4 Å². The highest BCUT2D eigenvalue weighted by molar-refractivity contribution is 5.83. The van der Waals surface area contributed by atoms with Gasteiger partial charge in [-0.25, -0.2) is 4.79 Å². The second-order valence-electron chi connectivity index (χ2n) is 10.8. The Bertz CT molecular complexity index is 847. The SMILES string of the molecule is C=NN[C@@H](CCCCNC(=O)CCC(=O)NCCCOCCOCCOCCCNC(=O)CCCCCCCCC(=O)O)C(=O)O. The maximum absolute atomic E-state index is 11.9. The van der Waals surface area contributed by atoms with Gasteiger partial charge in [0.25, 0.3) is 0 Å². The highest BCUT2D eigenvalue weighted by atomic mass is 16.5. The molecular formula is C31H57N5O10. The number of rotatable bonds is 34. The molecule has 1 atom stereocenters. The Kier molecular flexibility index (Phi) is 29.4. The minimum absolute atomic E-state index is 0.0482. The lowest BCUT2D eigenvalue weighted by Crippen LogP contribution is -2.33. The summed E-state index contributed by atoms with van der Waals surface area (Å²) in [4.78, 5) is 57.1. The molecule has 0 aliphatic carbocycles. The minimum Gasteiger partial charge on any atom is -0.481 e.